The van der Waals surface area contributed by atoms with Crippen molar-refractivity contribution < 1.29 is 9.72 Å². The monoisotopic (exact) mass is 426 g/mol. The van der Waals surface area contributed by atoms with Gasteiger partial charge in [-0.2, -0.15) is 5.26 Å². The van der Waals surface area contributed by atoms with Gasteiger partial charge in [0, 0.05) is 53.9 Å². The number of hydrogen-bond donors (Lipinski definition) is 1. The molecule has 2 aliphatic heterocycles. The van der Waals surface area contributed by atoms with Crippen molar-refractivity contribution in [2.45, 2.75) is 18.5 Å². The van der Waals surface area contributed by atoms with Crippen LogP contribution in [-0.4, -0.2) is 33.4 Å². The van der Waals surface area contributed by atoms with Crippen LogP contribution in [0.5, 0.6) is 0 Å². The molecule has 9 heteroatoms. The molecule has 1 N–H and O–H groups in total. The molecular formula is C23H18N6O3. The second-order valence-corrected chi connectivity index (χ2v) is 7.66. The topological polar surface area (TPSA) is 119 Å². The van der Waals surface area contributed by atoms with Gasteiger partial charge in [0.25, 0.3) is 11.6 Å². The highest BCUT2D eigenvalue weighted by atomic mass is 16.6. The van der Waals surface area contributed by atoms with Crippen LogP contribution < -0.4 is 9.80 Å². The van der Waals surface area contributed by atoms with E-state index in [0.717, 1.165) is 23.4 Å². The lowest BCUT2D eigenvalue weighted by Gasteiger charge is -2.38. The Morgan fingerprint density at radius 2 is 1.97 bits per heavy atom. The molecule has 2 atom stereocenters. The first-order chi connectivity index (χ1) is 15.6. The van der Waals surface area contributed by atoms with Crippen LogP contribution in [0.4, 0.5) is 17.1 Å². The predicted octanol–water partition coefficient (Wildman–Crippen LogP) is 3.29. The van der Waals surface area contributed by atoms with Gasteiger partial charge in [0.15, 0.2) is 0 Å². The number of nitro groups is 1. The number of nitro benzene ring substituents is 1. The Hall–Kier alpha value is -4.45. The van der Waals surface area contributed by atoms with Gasteiger partial charge in [-0.25, -0.2) is 4.98 Å². The Kier molecular flexibility index (Phi) is 4.67. The second kappa shape index (κ2) is 7.67. The lowest BCUT2D eigenvalue weighted by atomic mass is 9.93. The number of carbonyl (C=O) groups is 1. The van der Waals surface area contributed by atoms with Crippen LogP contribution >= 0.6 is 0 Å². The smallest absolute Gasteiger partial charge is 0.269 e. The minimum Gasteiger partial charge on any atom is -0.362 e. The summed E-state index contributed by atoms with van der Waals surface area (Å²) in [6.07, 6.45) is 5.88. The van der Waals surface area contributed by atoms with Gasteiger partial charge in [-0.1, -0.05) is 18.2 Å². The molecule has 0 saturated carbocycles. The fourth-order valence-electron chi connectivity index (χ4n) is 4.52. The Balaban J connectivity index is 1.59. The Morgan fingerprint density at radius 3 is 2.66 bits per heavy atom. The summed E-state index contributed by atoms with van der Waals surface area (Å²) in [4.78, 5) is 34.8. The number of H-pyrrole nitrogens is 1. The minimum atomic E-state index is -0.479. The normalized spacial score (nSPS) is 19.2. The van der Waals surface area contributed by atoms with Crippen LogP contribution in [0, 0.1) is 21.4 Å². The van der Waals surface area contributed by atoms with Crippen molar-refractivity contribution in [3.63, 3.8) is 0 Å². The van der Waals surface area contributed by atoms with E-state index in [1.807, 2.05) is 30.3 Å². The molecule has 2 aromatic carbocycles. The van der Waals surface area contributed by atoms with Crippen molar-refractivity contribution in [3.05, 3.63) is 94.1 Å². The third kappa shape index (κ3) is 3.09. The van der Waals surface area contributed by atoms with E-state index in [1.54, 1.807) is 35.6 Å². The maximum atomic E-state index is 13.2. The molecule has 0 bridgehead atoms. The van der Waals surface area contributed by atoms with Gasteiger partial charge in [0.1, 0.15) is 11.6 Å². The van der Waals surface area contributed by atoms with Gasteiger partial charge in [-0.05, 0) is 24.3 Å². The summed E-state index contributed by atoms with van der Waals surface area (Å²) in [7, 11) is 0. The van der Waals surface area contributed by atoms with Crippen LogP contribution in [0.1, 0.15) is 17.3 Å². The maximum Gasteiger partial charge on any atom is 0.269 e. The number of aromatic nitrogens is 2. The highest BCUT2D eigenvalue weighted by molar-refractivity contribution is 6.10. The van der Waals surface area contributed by atoms with Crippen LogP contribution in [0.25, 0.3) is 0 Å². The number of para-hydroxylation sites is 1. The summed E-state index contributed by atoms with van der Waals surface area (Å²) in [6.45, 7) is 0.665. The zero-order valence-electron chi connectivity index (χ0n) is 16.9. The standard InChI is InChI=1S/C23H18N6O3/c24-12-15-11-21-22(28(23(15)30)17-5-7-18(8-6-17)29(31)32)19-3-1-2-4-20(19)27(21)10-9-16-13-25-14-26-16/h1-8,11,13-14,21-22H,9-10H2,(H,25,26). The van der Waals surface area contributed by atoms with Gasteiger partial charge in [0.05, 0.1) is 23.3 Å². The number of fused-ring (bicyclic) bond motifs is 3. The lowest BCUT2D eigenvalue weighted by Crippen LogP contribution is -2.48. The van der Waals surface area contributed by atoms with Crippen LogP contribution in [-0.2, 0) is 11.2 Å². The summed E-state index contributed by atoms with van der Waals surface area (Å²) in [5.41, 5.74) is 3.48. The summed E-state index contributed by atoms with van der Waals surface area (Å²) in [6, 6.07) is 15.2. The van der Waals surface area contributed by atoms with Gasteiger partial charge >= 0.3 is 0 Å². The number of nitrogens with zero attached hydrogens (tertiary/aromatic N) is 5. The van der Waals surface area contributed by atoms with E-state index in [9.17, 15) is 20.2 Å². The number of anilines is 2. The fraction of sp³-hybridized carbons (Fsp3) is 0.174. The molecule has 2 aliphatic rings. The molecular weight excluding hydrogens is 408 g/mol. The number of non-ortho nitro benzene ring substituents is 1. The van der Waals surface area contributed by atoms with E-state index in [0.29, 0.717) is 12.2 Å². The quantitative estimate of drug-likeness (QED) is 0.494. The summed E-state index contributed by atoms with van der Waals surface area (Å²) in [5.74, 6) is -0.409. The van der Waals surface area contributed by atoms with E-state index in [4.69, 9.17) is 0 Å². The first-order valence-corrected chi connectivity index (χ1v) is 10.1. The average Bonchev–Trinajstić information content (AvgIpc) is 3.43. The number of hydrogen-bond acceptors (Lipinski definition) is 6. The average molecular weight is 426 g/mol. The SMILES string of the molecule is N#CC1=CC2C(c3ccccc3N2CCc2cnc[nH]2)N(c2ccc([N+](=O)[O-])cc2)C1=O. The highest BCUT2D eigenvalue weighted by Crippen LogP contribution is 2.47. The van der Waals surface area contributed by atoms with Gasteiger partial charge in [0.2, 0.25) is 0 Å². The van der Waals surface area contributed by atoms with Crippen molar-refractivity contribution in [3.8, 4) is 6.07 Å². The molecule has 2 unspecified atom stereocenters. The Bertz CT molecular complexity index is 1260. The zero-order valence-corrected chi connectivity index (χ0v) is 16.9. The van der Waals surface area contributed by atoms with Crippen LogP contribution in [0.15, 0.2) is 72.7 Å². The molecule has 0 saturated heterocycles. The molecule has 9 nitrogen and oxygen atoms in total. The molecule has 1 aromatic heterocycles. The number of benzene rings is 2. The van der Waals surface area contributed by atoms with Crippen LogP contribution in [0.2, 0.25) is 0 Å². The van der Waals surface area contributed by atoms with Crippen molar-refractivity contribution in [2.75, 3.05) is 16.3 Å². The largest absolute Gasteiger partial charge is 0.362 e. The zero-order chi connectivity index (χ0) is 22.2. The van der Waals surface area contributed by atoms with E-state index >= 15 is 0 Å². The first kappa shape index (κ1) is 19.5. The molecule has 1 amide bonds. The summed E-state index contributed by atoms with van der Waals surface area (Å²) < 4.78 is 0. The highest BCUT2D eigenvalue weighted by Gasteiger charge is 2.46. The van der Waals surface area contributed by atoms with E-state index in [1.165, 1.54) is 12.1 Å². The first-order valence-electron chi connectivity index (χ1n) is 10.1. The molecule has 0 radical (unpaired) electrons. The Morgan fingerprint density at radius 1 is 1.19 bits per heavy atom. The molecule has 0 fully saturated rings. The number of amides is 1. The van der Waals surface area contributed by atoms with Crippen molar-refractivity contribution in [2.24, 2.45) is 0 Å². The van der Waals surface area contributed by atoms with E-state index in [-0.39, 0.29) is 23.3 Å². The molecule has 3 aromatic rings. The second-order valence-electron chi connectivity index (χ2n) is 7.66. The van der Waals surface area contributed by atoms with Gasteiger partial charge in [-0.15, -0.1) is 0 Å². The number of aromatic amines is 1. The van der Waals surface area contributed by atoms with Gasteiger partial charge in [-0.3, -0.25) is 19.8 Å². The number of nitrogens with one attached hydrogen (secondary N) is 1. The van der Waals surface area contributed by atoms with Crippen molar-refractivity contribution in [1.82, 2.24) is 9.97 Å². The summed E-state index contributed by atoms with van der Waals surface area (Å²) in [5, 5.41) is 20.7. The molecule has 3 heterocycles. The maximum absolute atomic E-state index is 13.2. The molecule has 5 rings (SSSR count). The third-order valence-corrected chi connectivity index (χ3v) is 5.95. The third-order valence-electron chi connectivity index (χ3n) is 5.95. The molecule has 158 valence electrons. The molecule has 0 aliphatic carbocycles. The molecule has 0 spiro atoms. The van der Waals surface area contributed by atoms with E-state index < -0.39 is 10.8 Å². The number of nitriles is 1. The predicted molar refractivity (Wildman–Crippen MR) is 117 cm³/mol. The number of imidazole rings is 1. The van der Waals surface area contributed by atoms with Crippen molar-refractivity contribution in [1.29, 1.82) is 5.26 Å². The number of rotatable bonds is 5. The van der Waals surface area contributed by atoms with E-state index in [2.05, 4.69) is 14.9 Å². The number of carbonyl (C=O) groups excluding carboxylic acids is 1. The minimum absolute atomic E-state index is 0.0567. The fourth-order valence-corrected chi connectivity index (χ4v) is 4.52. The van der Waals surface area contributed by atoms with Gasteiger partial charge < -0.3 is 9.88 Å². The van der Waals surface area contributed by atoms with Crippen molar-refractivity contribution >= 4 is 23.0 Å². The molecule has 32 heavy (non-hydrogen) atoms. The lowest BCUT2D eigenvalue weighted by molar-refractivity contribution is -0.384. The van der Waals surface area contributed by atoms with Crippen LogP contribution in [0.3, 0.4) is 0 Å². The Labute approximate surface area is 183 Å². The summed E-state index contributed by atoms with van der Waals surface area (Å²) >= 11 is 0.